The molecule has 0 aliphatic rings. The lowest BCUT2D eigenvalue weighted by atomic mass is 10.2. The van der Waals surface area contributed by atoms with Gasteiger partial charge in [0.25, 0.3) is 0 Å². The van der Waals surface area contributed by atoms with Crippen LogP contribution in [0.25, 0.3) is 22.6 Å². The summed E-state index contributed by atoms with van der Waals surface area (Å²) in [6, 6.07) is 5.86. The Morgan fingerprint density at radius 1 is 1.35 bits per heavy atom. The fraction of sp³-hybridized carbons (Fsp3) is 0.286. The zero-order chi connectivity index (χ0) is 14.3. The molecule has 1 aromatic carbocycles. The van der Waals surface area contributed by atoms with Gasteiger partial charge < -0.3 is 9.72 Å². The van der Waals surface area contributed by atoms with E-state index in [1.807, 2.05) is 22.9 Å². The number of aromatic nitrogens is 4. The lowest BCUT2D eigenvalue weighted by Crippen LogP contribution is -2.02. The van der Waals surface area contributed by atoms with Crippen molar-refractivity contribution < 1.29 is 4.74 Å². The molecule has 0 amide bonds. The Bertz CT molecular complexity index is 760. The van der Waals surface area contributed by atoms with Crippen LogP contribution in [0.2, 0.25) is 5.02 Å². The molecule has 2 heterocycles. The van der Waals surface area contributed by atoms with Crippen molar-refractivity contribution in [3.8, 4) is 17.1 Å². The van der Waals surface area contributed by atoms with Crippen molar-refractivity contribution in [2.45, 2.75) is 19.9 Å². The van der Waals surface area contributed by atoms with Gasteiger partial charge in [0.2, 0.25) is 0 Å². The van der Waals surface area contributed by atoms with E-state index in [1.165, 1.54) is 0 Å². The van der Waals surface area contributed by atoms with Crippen molar-refractivity contribution in [1.29, 1.82) is 0 Å². The van der Waals surface area contributed by atoms with E-state index < -0.39 is 0 Å². The summed E-state index contributed by atoms with van der Waals surface area (Å²) < 4.78 is 7.04. The van der Waals surface area contributed by atoms with Gasteiger partial charge in [0.15, 0.2) is 5.65 Å². The van der Waals surface area contributed by atoms with Crippen molar-refractivity contribution in [3.63, 3.8) is 0 Å². The standard InChI is InChI=1S/C14H15ClN4O/c1-8(2)19-14-11(7-16-19)17-13(18-14)9-4-5-12(20-3)10(15)6-9/h4-8H,1-3H3,(H,17,18). The van der Waals surface area contributed by atoms with Gasteiger partial charge in [-0.05, 0) is 32.0 Å². The number of H-pyrrole nitrogens is 1. The second-order valence-corrected chi connectivity index (χ2v) is 5.26. The van der Waals surface area contributed by atoms with Gasteiger partial charge in [0, 0.05) is 11.6 Å². The lowest BCUT2D eigenvalue weighted by Gasteiger charge is -2.05. The number of hydrogen-bond acceptors (Lipinski definition) is 3. The van der Waals surface area contributed by atoms with Gasteiger partial charge in [0.1, 0.15) is 17.1 Å². The van der Waals surface area contributed by atoms with E-state index in [0.29, 0.717) is 10.8 Å². The summed E-state index contributed by atoms with van der Waals surface area (Å²) in [7, 11) is 1.60. The number of rotatable bonds is 3. The average Bonchev–Trinajstić information content (AvgIpc) is 2.97. The van der Waals surface area contributed by atoms with Gasteiger partial charge >= 0.3 is 0 Å². The Morgan fingerprint density at radius 3 is 2.80 bits per heavy atom. The SMILES string of the molecule is COc1ccc(-c2nc3c(cnn3C(C)C)[nH]2)cc1Cl. The first-order chi connectivity index (χ1) is 9.60. The number of nitrogens with zero attached hydrogens (tertiary/aromatic N) is 3. The van der Waals surface area contributed by atoms with Gasteiger partial charge in [0.05, 0.1) is 18.3 Å². The minimum atomic E-state index is 0.267. The van der Waals surface area contributed by atoms with Gasteiger partial charge in [-0.25, -0.2) is 9.67 Å². The van der Waals surface area contributed by atoms with Gasteiger partial charge in [-0.15, -0.1) is 0 Å². The average molecular weight is 291 g/mol. The maximum absolute atomic E-state index is 6.15. The van der Waals surface area contributed by atoms with Crippen molar-refractivity contribution in [3.05, 3.63) is 29.4 Å². The first-order valence-corrected chi connectivity index (χ1v) is 6.75. The molecule has 5 nitrogen and oxygen atoms in total. The number of halogens is 1. The Morgan fingerprint density at radius 2 is 2.15 bits per heavy atom. The first kappa shape index (κ1) is 13.0. The lowest BCUT2D eigenvalue weighted by molar-refractivity contribution is 0.415. The summed E-state index contributed by atoms with van der Waals surface area (Å²) in [4.78, 5) is 7.86. The third-order valence-electron chi connectivity index (χ3n) is 3.15. The monoisotopic (exact) mass is 290 g/mol. The first-order valence-electron chi connectivity index (χ1n) is 6.37. The third kappa shape index (κ3) is 2.04. The number of benzene rings is 1. The molecular weight excluding hydrogens is 276 g/mol. The highest BCUT2D eigenvalue weighted by Gasteiger charge is 2.13. The normalized spacial score (nSPS) is 11.4. The summed E-state index contributed by atoms with van der Waals surface area (Å²) in [5.41, 5.74) is 2.69. The molecular formula is C14H15ClN4O. The molecule has 0 spiro atoms. The summed E-state index contributed by atoms with van der Waals surface area (Å²) in [6.07, 6.45) is 1.79. The molecule has 104 valence electrons. The molecule has 6 heteroatoms. The van der Waals surface area contributed by atoms with E-state index in [9.17, 15) is 0 Å². The maximum atomic E-state index is 6.15. The predicted molar refractivity (Wildman–Crippen MR) is 79.3 cm³/mol. The Balaban J connectivity index is 2.08. The molecule has 20 heavy (non-hydrogen) atoms. The van der Waals surface area contributed by atoms with Crippen LogP contribution >= 0.6 is 11.6 Å². The highest BCUT2D eigenvalue weighted by atomic mass is 35.5. The Kier molecular flexibility index (Phi) is 3.14. The highest BCUT2D eigenvalue weighted by Crippen LogP contribution is 2.30. The third-order valence-corrected chi connectivity index (χ3v) is 3.45. The molecule has 3 rings (SSSR count). The summed E-state index contributed by atoms with van der Waals surface area (Å²) in [6.45, 7) is 4.15. The molecule has 1 N–H and O–H groups in total. The quantitative estimate of drug-likeness (QED) is 0.801. The summed E-state index contributed by atoms with van der Waals surface area (Å²) in [5.74, 6) is 1.43. The van der Waals surface area contributed by atoms with E-state index in [-0.39, 0.29) is 6.04 Å². The van der Waals surface area contributed by atoms with E-state index >= 15 is 0 Å². The molecule has 0 bridgehead atoms. The molecule has 0 unspecified atom stereocenters. The smallest absolute Gasteiger partial charge is 0.176 e. The summed E-state index contributed by atoms with van der Waals surface area (Å²) >= 11 is 6.15. The van der Waals surface area contributed by atoms with Gasteiger partial charge in [-0.3, -0.25) is 0 Å². The van der Waals surface area contributed by atoms with E-state index in [0.717, 1.165) is 22.6 Å². The van der Waals surface area contributed by atoms with Crippen molar-refractivity contribution in [1.82, 2.24) is 19.7 Å². The van der Waals surface area contributed by atoms with Crippen molar-refractivity contribution >= 4 is 22.8 Å². The van der Waals surface area contributed by atoms with Crippen LogP contribution in [0, 0.1) is 0 Å². The Hall–Kier alpha value is -2.01. The van der Waals surface area contributed by atoms with Crippen LogP contribution in [0.5, 0.6) is 5.75 Å². The fourth-order valence-electron chi connectivity index (χ4n) is 2.15. The number of imidazole rings is 1. The molecule has 3 aromatic rings. The topological polar surface area (TPSA) is 55.7 Å². The van der Waals surface area contributed by atoms with Crippen LogP contribution in [0.15, 0.2) is 24.4 Å². The second kappa shape index (κ2) is 4.83. The van der Waals surface area contributed by atoms with Crippen LogP contribution in [0.1, 0.15) is 19.9 Å². The number of aromatic amines is 1. The number of ether oxygens (including phenoxy) is 1. The fourth-order valence-corrected chi connectivity index (χ4v) is 2.40. The number of hydrogen-bond donors (Lipinski definition) is 1. The summed E-state index contributed by atoms with van der Waals surface area (Å²) in [5, 5.41) is 4.88. The second-order valence-electron chi connectivity index (χ2n) is 4.85. The molecule has 0 saturated heterocycles. The highest BCUT2D eigenvalue weighted by molar-refractivity contribution is 6.32. The molecule has 0 radical (unpaired) electrons. The zero-order valence-electron chi connectivity index (χ0n) is 11.5. The van der Waals surface area contributed by atoms with Crippen LogP contribution in [-0.2, 0) is 0 Å². The van der Waals surface area contributed by atoms with E-state index in [4.69, 9.17) is 16.3 Å². The number of fused-ring (bicyclic) bond motifs is 1. The molecule has 0 aliphatic heterocycles. The van der Waals surface area contributed by atoms with Crippen molar-refractivity contribution in [2.24, 2.45) is 0 Å². The molecule has 0 saturated carbocycles. The van der Waals surface area contributed by atoms with Crippen LogP contribution in [-0.4, -0.2) is 26.9 Å². The number of methoxy groups -OCH3 is 1. The van der Waals surface area contributed by atoms with Gasteiger partial charge in [-0.2, -0.15) is 5.10 Å². The predicted octanol–water partition coefficient (Wildman–Crippen LogP) is 3.67. The molecule has 2 aromatic heterocycles. The largest absolute Gasteiger partial charge is 0.495 e. The van der Waals surface area contributed by atoms with Crippen molar-refractivity contribution in [2.75, 3.05) is 7.11 Å². The molecule has 0 fully saturated rings. The molecule has 0 aliphatic carbocycles. The Labute approximate surface area is 121 Å². The minimum absolute atomic E-state index is 0.267. The van der Waals surface area contributed by atoms with Gasteiger partial charge in [-0.1, -0.05) is 11.6 Å². The van der Waals surface area contributed by atoms with E-state index in [2.05, 4.69) is 28.9 Å². The zero-order valence-corrected chi connectivity index (χ0v) is 12.3. The van der Waals surface area contributed by atoms with Crippen LogP contribution in [0.4, 0.5) is 0 Å². The maximum Gasteiger partial charge on any atom is 0.176 e. The number of nitrogens with one attached hydrogen (secondary N) is 1. The molecule has 0 atom stereocenters. The minimum Gasteiger partial charge on any atom is -0.495 e. The van der Waals surface area contributed by atoms with Crippen LogP contribution in [0.3, 0.4) is 0 Å². The van der Waals surface area contributed by atoms with E-state index in [1.54, 1.807) is 13.3 Å². The van der Waals surface area contributed by atoms with Crippen LogP contribution < -0.4 is 4.74 Å².